The molecule has 0 bridgehead atoms. The normalized spacial score (nSPS) is 7.73. The van der Waals surface area contributed by atoms with E-state index in [-0.39, 0.29) is 27.9 Å². The molecular formula is C7H19NO3. The molecule has 0 unspecified atom stereocenters. The second-order valence-corrected chi connectivity index (χ2v) is 1.54. The lowest BCUT2D eigenvalue weighted by Crippen LogP contribution is -2.10. The molecule has 0 heterocycles. The Labute approximate surface area is 68.3 Å². The Morgan fingerprint density at radius 3 is 2.27 bits per heavy atom. The molecular weight excluding hydrogens is 146 g/mol. The molecule has 0 saturated heterocycles. The van der Waals surface area contributed by atoms with Gasteiger partial charge in [0.25, 0.3) is 0 Å². The van der Waals surface area contributed by atoms with Gasteiger partial charge in [-0.05, 0) is 0 Å². The fourth-order valence-corrected chi connectivity index (χ4v) is 0.345. The van der Waals surface area contributed by atoms with E-state index in [9.17, 15) is 4.79 Å². The quantitative estimate of drug-likeness (QED) is 0.588. The van der Waals surface area contributed by atoms with E-state index in [1.165, 1.54) is 0 Å². The van der Waals surface area contributed by atoms with Gasteiger partial charge in [-0.25, -0.2) is 0 Å². The van der Waals surface area contributed by atoms with Crippen LogP contribution in [0.4, 0.5) is 0 Å². The van der Waals surface area contributed by atoms with E-state index in [0.717, 1.165) is 0 Å². The van der Waals surface area contributed by atoms with Crippen molar-refractivity contribution in [2.45, 2.75) is 21.3 Å². The molecule has 0 amide bonds. The number of rotatable bonds is 5. The predicted octanol–water partition coefficient (Wildman–Crippen LogP) is 0.709. The molecule has 0 atom stereocenters. The predicted molar refractivity (Wildman–Crippen MR) is 45.6 cm³/mol. The molecule has 3 N–H and O–H groups in total. The van der Waals surface area contributed by atoms with Crippen molar-refractivity contribution >= 4 is 5.97 Å². The standard InChI is InChI=1S/C5H11NO3.2CH4/c6-2-4-9-3-1-5(7)8;;/h1-4,6H2,(H,7,8);2*1H4. The summed E-state index contributed by atoms with van der Waals surface area (Å²) in [5.41, 5.74) is 5.07. The van der Waals surface area contributed by atoms with Gasteiger partial charge in [0.1, 0.15) is 0 Å². The number of hydrogen-bond acceptors (Lipinski definition) is 3. The van der Waals surface area contributed by atoms with Crippen LogP contribution < -0.4 is 5.73 Å². The first-order valence-corrected chi connectivity index (χ1v) is 2.77. The van der Waals surface area contributed by atoms with Gasteiger partial charge in [-0.15, -0.1) is 0 Å². The van der Waals surface area contributed by atoms with Crippen molar-refractivity contribution in [2.24, 2.45) is 5.73 Å². The molecule has 70 valence electrons. The maximum absolute atomic E-state index is 9.85. The number of carboxylic acids is 1. The average Bonchev–Trinajstić information content (AvgIpc) is 1.80. The average molecular weight is 165 g/mol. The monoisotopic (exact) mass is 165 g/mol. The van der Waals surface area contributed by atoms with Crippen LogP contribution in [0.15, 0.2) is 0 Å². The second-order valence-electron chi connectivity index (χ2n) is 1.54. The molecule has 0 aliphatic carbocycles. The zero-order valence-corrected chi connectivity index (χ0v) is 5.17. The smallest absolute Gasteiger partial charge is 0.305 e. The van der Waals surface area contributed by atoms with Gasteiger partial charge in [0.05, 0.1) is 19.6 Å². The van der Waals surface area contributed by atoms with Crippen molar-refractivity contribution in [3.05, 3.63) is 0 Å². The number of carbonyl (C=O) groups is 1. The number of aliphatic carboxylic acids is 1. The fraction of sp³-hybridized carbons (Fsp3) is 0.857. The van der Waals surface area contributed by atoms with Crippen LogP contribution in [0.25, 0.3) is 0 Å². The van der Waals surface area contributed by atoms with Crippen LogP contribution >= 0.6 is 0 Å². The first-order chi connectivity index (χ1) is 4.27. The summed E-state index contributed by atoms with van der Waals surface area (Å²) in [5, 5.41) is 8.10. The highest BCUT2D eigenvalue weighted by atomic mass is 16.5. The van der Waals surface area contributed by atoms with Gasteiger partial charge in [-0.2, -0.15) is 0 Å². The minimum atomic E-state index is -0.841. The van der Waals surface area contributed by atoms with E-state index < -0.39 is 5.97 Å². The van der Waals surface area contributed by atoms with Crippen LogP contribution in [0.1, 0.15) is 21.3 Å². The zero-order valence-electron chi connectivity index (χ0n) is 5.17. The molecule has 0 spiro atoms. The zero-order chi connectivity index (χ0) is 7.11. The minimum Gasteiger partial charge on any atom is -0.481 e. The lowest BCUT2D eigenvalue weighted by Gasteiger charge is -1.96. The number of hydrogen-bond donors (Lipinski definition) is 2. The largest absolute Gasteiger partial charge is 0.481 e. The van der Waals surface area contributed by atoms with E-state index in [2.05, 4.69) is 0 Å². The third-order valence-corrected chi connectivity index (χ3v) is 0.722. The third-order valence-electron chi connectivity index (χ3n) is 0.722. The Morgan fingerprint density at radius 2 is 1.91 bits per heavy atom. The molecule has 4 nitrogen and oxygen atoms in total. The van der Waals surface area contributed by atoms with Gasteiger partial charge in [-0.1, -0.05) is 14.9 Å². The molecule has 0 rings (SSSR count). The van der Waals surface area contributed by atoms with E-state index in [1.807, 2.05) is 0 Å². The number of ether oxygens (including phenoxy) is 1. The lowest BCUT2D eigenvalue weighted by molar-refractivity contribution is -0.138. The lowest BCUT2D eigenvalue weighted by atomic mass is 10.5. The van der Waals surface area contributed by atoms with Crippen LogP contribution in [0.3, 0.4) is 0 Å². The third kappa shape index (κ3) is 17.7. The molecule has 0 aliphatic heterocycles. The molecule has 11 heavy (non-hydrogen) atoms. The van der Waals surface area contributed by atoms with Crippen molar-refractivity contribution in [3.63, 3.8) is 0 Å². The van der Waals surface area contributed by atoms with Crippen LogP contribution in [0, 0.1) is 0 Å². The van der Waals surface area contributed by atoms with Crippen LogP contribution in [-0.2, 0) is 9.53 Å². The van der Waals surface area contributed by atoms with Gasteiger partial charge in [0, 0.05) is 6.54 Å². The summed E-state index contributed by atoms with van der Waals surface area (Å²) >= 11 is 0. The highest BCUT2D eigenvalue weighted by molar-refractivity contribution is 5.66. The van der Waals surface area contributed by atoms with E-state index >= 15 is 0 Å². The number of carboxylic acid groups (broad SMARTS) is 1. The molecule has 0 aromatic heterocycles. The maximum Gasteiger partial charge on any atom is 0.305 e. The summed E-state index contributed by atoms with van der Waals surface area (Å²) in [6.07, 6.45) is 0.0556. The Morgan fingerprint density at radius 1 is 1.36 bits per heavy atom. The van der Waals surface area contributed by atoms with Crippen LogP contribution in [0.2, 0.25) is 0 Å². The molecule has 0 saturated carbocycles. The van der Waals surface area contributed by atoms with E-state index in [1.54, 1.807) is 0 Å². The first kappa shape index (κ1) is 16.8. The Bertz CT molecular complexity index is 85.8. The molecule has 0 radical (unpaired) electrons. The Kier molecular flexibility index (Phi) is 18.5. The van der Waals surface area contributed by atoms with Crippen molar-refractivity contribution in [1.82, 2.24) is 0 Å². The van der Waals surface area contributed by atoms with E-state index in [4.69, 9.17) is 15.6 Å². The molecule has 4 heteroatoms. The molecule has 0 aromatic carbocycles. The minimum absolute atomic E-state index is 0. The summed E-state index contributed by atoms with van der Waals surface area (Å²) in [4.78, 5) is 9.85. The van der Waals surface area contributed by atoms with Crippen LogP contribution in [0.5, 0.6) is 0 Å². The Hall–Kier alpha value is -0.610. The molecule has 0 fully saturated rings. The van der Waals surface area contributed by atoms with Gasteiger partial charge >= 0.3 is 5.97 Å². The van der Waals surface area contributed by atoms with Gasteiger partial charge in [-0.3, -0.25) is 4.79 Å². The molecule has 0 aromatic rings. The highest BCUT2D eigenvalue weighted by Gasteiger charge is 1.93. The fourth-order valence-electron chi connectivity index (χ4n) is 0.345. The van der Waals surface area contributed by atoms with Gasteiger partial charge < -0.3 is 15.6 Å². The molecule has 0 aliphatic rings. The topological polar surface area (TPSA) is 72.5 Å². The van der Waals surface area contributed by atoms with Crippen molar-refractivity contribution in [1.29, 1.82) is 0 Å². The second kappa shape index (κ2) is 12.1. The summed E-state index contributed by atoms with van der Waals surface area (Å²) in [6.45, 7) is 1.14. The highest BCUT2D eigenvalue weighted by Crippen LogP contribution is 1.80. The summed E-state index contributed by atoms with van der Waals surface area (Å²) < 4.78 is 4.79. The maximum atomic E-state index is 9.85. The van der Waals surface area contributed by atoms with Crippen LogP contribution in [-0.4, -0.2) is 30.8 Å². The van der Waals surface area contributed by atoms with E-state index in [0.29, 0.717) is 13.2 Å². The summed E-state index contributed by atoms with van der Waals surface area (Å²) in [6, 6.07) is 0. The first-order valence-electron chi connectivity index (χ1n) is 2.77. The van der Waals surface area contributed by atoms with Gasteiger partial charge in [0.2, 0.25) is 0 Å². The Balaban J connectivity index is -0.000000320. The summed E-state index contributed by atoms with van der Waals surface area (Å²) in [5.74, 6) is -0.841. The summed E-state index contributed by atoms with van der Waals surface area (Å²) in [7, 11) is 0. The SMILES string of the molecule is C.C.NCCOCCC(=O)O. The van der Waals surface area contributed by atoms with Gasteiger partial charge in [0.15, 0.2) is 0 Å². The van der Waals surface area contributed by atoms with Crippen molar-refractivity contribution in [3.8, 4) is 0 Å². The van der Waals surface area contributed by atoms with Crippen molar-refractivity contribution < 1.29 is 14.6 Å². The number of nitrogens with two attached hydrogens (primary N) is 1. The van der Waals surface area contributed by atoms with Crippen molar-refractivity contribution in [2.75, 3.05) is 19.8 Å².